The highest BCUT2D eigenvalue weighted by Crippen LogP contribution is 2.60. The van der Waals surface area contributed by atoms with Gasteiger partial charge in [-0.05, 0) is 49.9 Å². The van der Waals surface area contributed by atoms with Crippen molar-refractivity contribution in [3.8, 4) is 0 Å². The third kappa shape index (κ3) is 2.93. The van der Waals surface area contributed by atoms with E-state index in [-0.39, 0.29) is 30.1 Å². The van der Waals surface area contributed by atoms with Crippen LogP contribution >= 0.6 is 0 Å². The topological polar surface area (TPSA) is 61.8 Å². The summed E-state index contributed by atoms with van der Waals surface area (Å²) >= 11 is 0. The average molecular weight is 296 g/mol. The van der Waals surface area contributed by atoms with Crippen LogP contribution in [0.25, 0.3) is 0 Å². The van der Waals surface area contributed by atoms with Crippen LogP contribution in [-0.4, -0.2) is 38.4 Å². The van der Waals surface area contributed by atoms with Gasteiger partial charge in [-0.15, -0.1) is 0 Å². The molecule has 0 spiro atoms. The van der Waals surface area contributed by atoms with Gasteiger partial charge < -0.3 is 14.2 Å². The zero-order chi connectivity index (χ0) is 15.0. The first-order valence-corrected chi connectivity index (χ1v) is 7.83. The lowest BCUT2D eigenvalue weighted by Crippen LogP contribution is -2.56. The molecule has 0 N–H and O–H groups in total. The Kier molecular flexibility index (Phi) is 3.95. The summed E-state index contributed by atoms with van der Waals surface area (Å²) in [5, 5.41) is 0. The van der Waals surface area contributed by atoms with E-state index in [4.69, 9.17) is 9.47 Å². The average Bonchev–Trinajstić information content (AvgIpc) is 2.43. The Hall–Kier alpha value is -1.10. The molecule has 0 aromatic carbocycles. The maximum Gasteiger partial charge on any atom is 0.331 e. The van der Waals surface area contributed by atoms with E-state index < -0.39 is 0 Å². The highest BCUT2D eigenvalue weighted by atomic mass is 16.6. The molecule has 0 aliphatic heterocycles. The van der Waals surface area contributed by atoms with Crippen molar-refractivity contribution in [2.45, 2.75) is 45.1 Å². The summed E-state index contributed by atoms with van der Waals surface area (Å²) in [6.07, 6.45) is 5.83. The van der Waals surface area contributed by atoms with Gasteiger partial charge in [-0.1, -0.05) is 0 Å². The fourth-order valence-corrected chi connectivity index (χ4v) is 5.07. The first kappa shape index (κ1) is 14.8. The van der Waals surface area contributed by atoms with Gasteiger partial charge in [0, 0.05) is 12.3 Å². The van der Waals surface area contributed by atoms with Gasteiger partial charge in [0.15, 0.2) is 0 Å². The molecule has 118 valence electrons. The van der Waals surface area contributed by atoms with Gasteiger partial charge in [-0.3, -0.25) is 4.79 Å². The molecule has 2 atom stereocenters. The molecule has 0 heterocycles. The molecular weight excluding hydrogens is 272 g/mol. The van der Waals surface area contributed by atoms with E-state index in [0.29, 0.717) is 18.4 Å². The number of methoxy groups -OCH3 is 1. The highest BCUT2D eigenvalue weighted by molar-refractivity contribution is 5.70. The monoisotopic (exact) mass is 296 g/mol. The Morgan fingerprint density at radius 3 is 2.38 bits per heavy atom. The maximum atomic E-state index is 11.3. The SMILES string of the molecule is COC(=O)COC1C2CC3CC1CC(COC(C)=O)(C3)C2. The summed E-state index contributed by atoms with van der Waals surface area (Å²) in [5.74, 6) is 1.23. The summed E-state index contributed by atoms with van der Waals surface area (Å²) in [4.78, 5) is 22.4. The highest BCUT2D eigenvalue weighted by Gasteiger charge is 2.56. The van der Waals surface area contributed by atoms with Crippen LogP contribution < -0.4 is 0 Å². The lowest BCUT2D eigenvalue weighted by atomic mass is 9.49. The van der Waals surface area contributed by atoms with Gasteiger partial charge in [0.1, 0.15) is 6.61 Å². The van der Waals surface area contributed by atoms with E-state index in [1.165, 1.54) is 33.3 Å². The minimum atomic E-state index is -0.307. The second-order valence-electron chi connectivity index (χ2n) is 7.10. The molecule has 4 aliphatic carbocycles. The molecule has 5 nitrogen and oxygen atoms in total. The molecule has 0 radical (unpaired) electrons. The van der Waals surface area contributed by atoms with E-state index in [9.17, 15) is 9.59 Å². The molecule has 0 saturated heterocycles. The zero-order valence-corrected chi connectivity index (χ0v) is 12.8. The molecule has 0 amide bonds. The Morgan fingerprint density at radius 1 is 1.14 bits per heavy atom. The van der Waals surface area contributed by atoms with E-state index in [0.717, 1.165) is 18.8 Å². The molecule has 21 heavy (non-hydrogen) atoms. The zero-order valence-electron chi connectivity index (χ0n) is 12.8. The Labute approximate surface area is 125 Å². The fourth-order valence-electron chi connectivity index (χ4n) is 5.07. The Morgan fingerprint density at radius 2 is 1.81 bits per heavy atom. The van der Waals surface area contributed by atoms with Crippen molar-refractivity contribution in [1.82, 2.24) is 0 Å². The number of carbonyl (C=O) groups excluding carboxylic acids is 2. The Balaban J connectivity index is 1.64. The summed E-state index contributed by atoms with van der Waals surface area (Å²) in [6.45, 7) is 2.08. The Bertz CT molecular complexity index is 416. The number of esters is 2. The maximum absolute atomic E-state index is 11.3. The summed E-state index contributed by atoms with van der Waals surface area (Å²) in [5.41, 5.74) is 0.160. The van der Waals surface area contributed by atoms with Crippen LogP contribution in [0.15, 0.2) is 0 Å². The number of hydrogen-bond donors (Lipinski definition) is 0. The molecule has 4 fully saturated rings. The first-order chi connectivity index (χ1) is 10.0. The van der Waals surface area contributed by atoms with Crippen LogP contribution in [0.1, 0.15) is 39.0 Å². The molecule has 2 unspecified atom stereocenters. The van der Waals surface area contributed by atoms with E-state index >= 15 is 0 Å². The summed E-state index contributed by atoms with van der Waals surface area (Å²) < 4.78 is 15.8. The number of rotatable bonds is 5. The molecule has 4 aliphatic rings. The van der Waals surface area contributed by atoms with Crippen molar-refractivity contribution in [3.63, 3.8) is 0 Å². The van der Waals surface area contributed by atoms with Crippen molar-refractivity contribution >= 4 is 11.9 Å². The van der Waals surface area contributed by atoms with Gasteiger partial charge in [0.2, 0.25) is 0 Å². The molecular formula is C16H24O5. The third-order valence-electron chi connectivity index (χ3n) is 5.52. The van der Waals surface area contributed by atoms with Crippen LogP contribution in [0, 0.1) is 23.2 Å². The molecule has 0 aromatic rings. The van der Waals surface area contributed by atoms with Crippen molar-refractivity contribution in [3.05, 3.63) is 0 Å². The molecule has 4 rings (SSSR count). The van der Waals surface area contributed by atoms with Crippen LogP contribution in [-0.2, 0) is 23.8 Å². The van der Waals surface area contributed by atoms with Crippen molar-refractivity contribution < 1.29 is 23.8 Å². The van der Waals surface area contributed by atoms with Crippen LogP contribution in [0.3, 0.4) is 0 Å². The van der Waals surface area contributed by atoms with Crippen LogP contribution in [0.2, 0.25) is 0 Å². The smallest absolute Gasteiger partial charge is 0.331 e. The largest absolute Gasteiger partial charge is 0.467 e. The van der Waals surface area contributed by atoms with Gasteiger partial charge in [0.25, 0.3) is 0 Å². The number of carbonyl (C=O) groups is 2. The van der Waals surface area contributed by atoms with E-state index in [1.807, 2.05) is 0 Å². The summed E-state index contributed by atoms with van der Waals surface area (Å²) in [7, 11) is 1.39. The van der Waals surface area contributed by atoms with E-state index in [1.54, 1.807) is 0 Å². The fraction of sp³-hybridized carbons (Fsp3) is 0.875. The standard InChI is InChI=1S/C16H24O5/c1-10(17)21-9-16-5-11-3-12(6-16)15(13(4-11)7-16)20-8-14(18)19-2/h11-13,15H,3-9H2,1-2H3. The van der Waals surface area contributed by atoms with Crippen LogP contribution in [0.5, 0.6) is 0 Å². The molecule has 4 bridgehead atoms. The minimum absolute atomic E-state index is 0.0514. The van der Waals surface area contributed by atoms with Crippen molar-refractivity contribution in [1.29, 1.82) is 0 Å². The summed E-state index contributed by atoms with van der Waals surface area (Å²) in [6, 6.07) is 0. The molecule has 0 aromatic heterocycles. The second-order valence-corrected chi connectivity index (χ2v) is 7.10. The van der Waals surface area contributed by atoms with Gasteiger partial charge in [0.05, 0.1) is 19.8 Å². The van der Waals surface area contributed by atoms with Crippen molar-refractivity contribution in [2.75, 3.05) is 20.3 Å². The van der Waals surface area contributed by atoms with Gasteiger partial charge >= 0.3 is 11.9 Å². The third-order valence-corrected chi connectivity index (χ3v) is 5.52. The van der Waals surface area contributed by atoms with E-state index in [2.05, 4.69) is 4.74 Å². The lowest BCUT2D eigenvalue weighted by Gasteiger charge is -2.59. The first-order valence-electron chi connectivity index (χ1n) is 7.83. The predicted molar refractivity (Wildman–Crippen MR) is 74.4 cm³/mol. The number of hydrogen-bond acceptors (Lipinski definition) is 5. The van der Waals surface area contributed by atoms with Crippen LogP contribution in [0.4, 0.5) is 0 Å². The lowest BCUT2D eigenvalue weighted by molar-refractivity contribution is -0.186. The molecule has 5 heteroatoms. The second kappa shape index (κ2) is 5.59. The molecule has 4 saturated carbocycles. The predicted octanol–water partition coefficient (Wildman–Crippen LogP) is 1.93. The quantitative estimate of drug-likeness (QED) is 0.725. The number of ether oxygens (including phenoxy) is 3. The van der Waals surface area contributed by atoms with Gasteiger partial charge in [-0.2, -0.15) is 0 Å². The minimum Gasteiger partial charge on any atom is -0.467 e. The van der Waals surface area contributed by atoms with Crippen molar-refractivity contribution in [2.24, 2.45) is 23.2 Å². The van der Waals surface area contributed by atoms with Gasteiger partial charge in [-0.25, -0.2) is 4.79 Å². The normalized spacial score (nSPS) is 40.1.